The third kappa shape index (κ3) is 5.10. The number of aromatic amines is 1. The SMILES string of the molecule is CNCc1ccc(N=C(c2ccc(CCC(=O)O)cc2)c2c(O)[nH]c3cc(F)ccc23)cc1. The minimum Gasteiger partial charge on any atom is -0.494 e. The lowest BCUT2D eigenvalue weighted by Crippen LogP contribution is -2.05. The molecule has 0 amide bonds. The Morgan fingerprint density at radius 2 is 1.73 bits per heavy atom. The Balaban J connectivity index is 1.81. The number of hydrogen-bond acceptors (Lipinski definition) is 4. The first-order valence-corrected chi connectivity index (χ1v) is 10.6. The molecule has 7 heteroatoms. The Morgan fingerprint density at radius 1 is 1.03 bits per heavy atom. The van der Waals surface area contributed by atoms with Gasteiger partial charge in [-0.15, -0.1) is 0 Å². The molecule has 0 fully saturated rings. The van der Waals surface area contributed by atoms with Crippen molar-refractivity contribution in [1.29, 1.82) is 0 Å². The average Bonchev–Trinajstić information content (AvgIpc) is 3.12. The lowest BCUT2D eigenvalue weighted by Gasteiger charge is -2.09. The van der Waals surface area contributed by atoms with Crippen LogP contribution in [0.3, 0.4) is 0 Å². The van der Waals surface area contributed by atoms with Gasteiger partial charge in [-0.3, -0.25) is 4.79 Å². The number of aromatic nitrogens is 1. The van der Waals surface area contributed by atoms with Crippen LogP contribution in [0, 0.1) is 5.82 Å². The van der Waals surface area contributed by atoms with Crippen LogP contribution in [0.2, 0.25) is 0 Å². The highest BCUT2D eigenvalue weighted by Crippen LogP contribution is 2.32. The van der Waals surface area contributed by atoms with Gasteiger partial charge in [-0.1, -0.05) is 36.4 Å². The van der Waals surface area contributed by atoms with E-state index in [1.807, 2.05) is 55.6 Å². The van der Waals surface area contributed by atoms with Crippen LogP contribution >= 0.6 is 0 Å². The molecule has 1 heterocycles. The number of nitrogens with one attached hydrogen (secondary N) is 2. The lowest BCUT2D eigenvalue weighted by molar-refractivity contribution is -0.136. The third-order valence-corrected chi connectivity index (χ3v) is 5.39. The highest BCUT2D eigenvalue weighted by molar-refractivity contribution is 6.21. The van der Waals surface area contributed by atoms with Crippen LogP contribution in [0.15, 0.2) is 71.7 Å². The van der Waals surface area contributed by atoms with Crippen molar-refractivity contribution >= 4 is 28.3 Å². The van der Waals surface area contributed by atoms with E-state index in [0.29, 0.717) is 34.3 Å². The highest BCUT2D eigenvalue weighted by Gasteiger charge is 2.19. The molecule has 4 rings (SSSR count). The summed E-state index contributed by atoms with van der Waals surface area (Å²) in [5.74, 6) is -1.35. The quantitative estimate of drug-likeness (QED) is 0.290. The zero-order valence-electron chi connectivity index (χ0n) is 18.1. The molecule has 1 aromatic heterocycles. The molecule has 4 N–H and O–H groups in total. The summed E-state index contributed by atoms with van der Waals surface area (Å²) in [5.41, 5.74) is 4.93. The molecule has 4 aromatic rings. The van der Waals surface area contributed by atoms with Crippen molar-refractivity contribution in [2.75, 3.05) is 7.05 Å². The fourth-order valence-electron chi connectivity index (χ4n) is 3.76. The number of aryl methyl sites for hydroxylation is 1. The molecule has 168 valence electrons. The van der Waals surface area contributed by atoms with Crippen molar-refractivity contribution in [1.82, 2.24) is 10.3 Å². The zero-order chi connectivity index (χ0) is 23.4. The normalized spacial score (nSPS) is 11.8. The number of carboxylic acid groups (broad SMARTS) is 1. The fourth-order valence-corrected chi connectivity index (χ4v) is 3.76. The maximum atomic E-state index is 13.7. The summed E-state index contributed by atoms with van der Waals surface area (Å²) < 4.78 is 13.7. The standard InChI is InChI=1S/C26H24FN3O3/c1-28-15-17-4-10-20(11-5-17)29-25(18-7-2-16(3-8-18)6-13-23(31)32)24-21-12-9-19(27)14-22(21)30-26(24)33/h2-5,7-12,14,28,30,33H,6,13,15H2,1H3,(H,31,32). The van der Waals surface area contributed by atoms with E-state index >= 15 is 0 Å². The second kappa shape index (κ2) is 9.67. The van der Waals surface area contributed by atoms with Gasteiger partial charge in [0.15, 0.2) is 5.88 Å². The number of fused-ring (bicyclic) bond motifs is 1. The minimum absolute atomic E-state index is 0.0497. The van der Waals surface area contributed by atoms with Gasteiger partial charge in [0, 0.05) is 23.9 Å². The van der Waals surface area contributed by atoms with Gasteiger partial charge in [-0.05, 0) is 54.9 Å². The summed E-state index contributed by atoms with van der Waals surface area (Å²) in [7, 11) is 1.88. The van der Waals surface area contributed by atoms with Crippen molar-refractivity contribution in [3.63, 3.8) is 0 Å². The molecule has 33 heavy (non-hydrogen) atoms. The van der Waals surface area contributed by atoms with Crippen molar-refractivity contribution < 1.29 is 19.4 Å². The Bertz CT molecular complexity index is 1310. The third-order valence-electron chi connectivity index (χ3n) is 5.39. The topological polar surface area (TPSA) is 97.7 Å². The van der Waals surface area contributed by atoms with E-state index in [1.165, 1.54) is 12.1 Å². The maximum absolute atomic E-state index is 13.7. The maximum Gasteiger partial charge on any atom is 0.303 e. The summed E-state index contributed by atoms with van der Waals surface area (Å²) in [5, 5.41) is 23.4. The van der Waals surface area contributed by atoms with Crippen LogP contribution in [0.1, 0.15) is 28.7 Å². The van der Waals surface area contributed by atoms with E-state index in [0.717, 1.165) is 23.2 Å². The number of halogens is 1. The fraction of sp³-hybridized carbons (Fsp3) is 0.154. The molecule has 0 saturated heterocycles. The molecule has 3 aromatic carbocycles. The van der Waals surface area contributed by atoms with Crippen LogP contribution in [0.25, 0.3) is 10.9 Å². The second-order valence-electron chi connectivity index (χ2n) is 7.79. The van der Waals surface area contributed by atoms with Gasteiger partial charge in [0.05, 0.1) is 22.5 Å². The van der Waals surface area contributed by atoms with Gasteiger partial charge in [0.25, 0.3) is 0 Å². The van der Waals surface area contributed by atoms with Gasteiger partial charge in [-0.2, -0.15) is 0 Å². The van der Waals surface area contributed by atoms with E-state index in [-0.39, 0.29) is 12.3 Å². The number of nitrogens with zero attached hydrogens (tertiary/aromatic N) is 1. The summed E-state index contributed by atoms with van der Waals surface area (Å²) in [6, 6.07) is 19.5. The molecule has 0 bridgehead atoms. The van der Waals surface area contributed by atoms with Gasteiger partial charge in [-0.25, -0.2) is 9.38 Å². The summed E-state index contributed by atoms with van der Waals surface area (Å²) in [6.07, 6.45) is 0.473. The van der Waals surface area contributed by atoms with E-state index in [1.54, 1.807) is 6.07 Å². The van der Waals surface area contributed by atoms with Crippen LogP contribution in [-0.4, -0.2) is 33.9 Å². The number of carbonyl (C=O) groups is 1. The lowest BCUT2D eigenvalue weighted by atomic mass is 9.98. The first-order chi connectivity index (χ1) is 15.9. The van der Waals surface area contributed by atoms with Gasteiger partial charge in [0.2, 0.25) is 0 Å². The van der Waals surface area contributed by atoms with E-state index in [9.17, 15) is 14.3 Å². The monoisotopic (exact) mass is 445 g/mol. The Morgan fingerprint density at radius 3 is 2.39 bits per heavy atom. The number of aliphatic carboxylic acids is 1. The minimum atomic E-state index is -0.848. The molecular formula is C26H24FN3O3. The van der Waals surface area contributed by atoms with Crippen molar-refractivity contribution in [3.8, 4) is 5.88 Å². The summed E-state index contributed by atoms with van der Waals surface area (Å²) in [6.45, 7) is 0.740. The predicted octanol–water partition coefficient (Wildman–Crippen LogP) is 4.92. The summed E-state index contributed by atoms with van der Waals surface area (Å²) in [4.78, 5) is 18.5. The van der Waals surface area contributed by atoms with E-state index < -0.39 is 11.8 Å². The molecule has 0 unspecified atom stereocenters. The molecule has 0 saturated carbocycles. The number of H-pyrrole nitrogens is 1. The summed E-state index contributed by atoms with van der Waals surface area (Å²) >= 11 is 0. The number of rotatable bonds is 8. The number of aromatic hydroxyl groups is 1. The average molecular weight is 445 g/mol. The van der Waals surface area contributed by atoms with Gasteiger partial charge >= 0.3 is 5.97 Å². The Hall–Kier alpha value is -3.97. The molecule has 0 atom stereocenters. The Labute approximate surface area is 190 Å². The largest absolute Gasteiger partial charge is 0.494 e. The molecule has 0 spiro atoms. The number of aliphatic imine (C=N–C) groups is 1. The smallest absolute Gasteiger partial charge is 0.303 e. The molecule has 6 nitrogen and oxygen atoms in total. The second-order valence-corrected chi connectivity index (χ2v) is 7.79. The molecule has 0 aliphatic heterocycles. The number of benzene rings is 3. The van der Waals surface area contributed by atoms with Gasteiger partial charge in [0.1, 0.15) is 5.82 Å². The van der Waals surface area contributed by atoms with Gasteiger partial charge < -0.3 is 20.5 Å². The highest BCUT2D eigenvalue weighted by atomic mass is 19.1. The number of hydrogen-bond donors (Lipinski definition) is 4. The van der Waals surface area contributed by atoms with Crippen LogP contribution in [-0.2, 0) is 17.8 Å². The molecule has 0 aliphatic carbocycles. The van der Waals surface area contributed by atoms with Crippen molar-refractivity contribution in [2.24, 2.45) is 4.99 Å². The van der Waals surface area contributed by atoms with Crippen LogP contribution in [0.4, 0.5) is 10.1 Å². The number of carboxylic acids is 1. The van der Waals surface area contributed by atoms with Crippen molar-refractivity contribution in [3.05, 3.63) is 94.8 Å². The van der Waals surface area contributed by atoms with E-state index in [4.69, 9.17) is 10.1 Å². The Kier molecular flexibility index (Phi) is 6.51. The van der Waals surface area contributed by atoms with E-state index in [2.05, 4.69) is 10.3 Å². The van der Waals surface area contributed by atoms with Crippen molar-refractivity contribution in [2.45, 2.75) is 19.4 Å². The molecular weight excluding hydrogens is 421 g/mol. The molecule has 0 radical (unpaired) electrons. The molecule has 0 aliphatic rings. The zero-order valence-corrected chi connectivity index (χ0v) is 18.1. The first kappa shape index (κ1) is 22.2. The first-order valence-electron chi connectivity index (χ1n) is 10.6. The van der Waals surface area contributed by atoms with Crippen LogP contribution in [0.5, 0.6) is 5.88 Å². The van der Waals surface area contributed by atoms with Crippen LogP contribution < -0.4 is 5.32 Å². The predicted molar refractivity (Wildman–Crippen MR) is 127 cm³/mol.